The smallest absolute Gasteiger partial charge is 0.00411 e. The number of nitrogens with one attached hydrogen (secondary N) is 1. The average Bonchev–Trinajstić information content (AvgIpc) is 2.15. The lowest BCUT2D eigenvalue weighted by Crippen LogP contribution is -2.17. The van der Waals surface area contributed by atoms with E-state index in [4.69, 9.17) is 0 Å². The molecule has 0 radical (unpaired) electrons. The van der Waals surface area contributed by atoms with E-state index in [1.165, 1.54) is 50.3 Å². The van der Waals surface area contributed by atoms with Gasteiger partial charge in [0, 0.05) is 0 Å². The van der Waals surface area contributed by atoms with Crippen LogP contribution in [0.3, 0.4) is 0 Å². The van der Waals surface area contributed by atoms with Crippen LogP contribution in [0.5, 0.6) is 0 Å². The molecule has 0 aliphatic heterocycles. The maximum Gasteiger partial charge on any atom is -0.00411 e. The number of hydrogen-bond acceptors (Lipinski definition) is 2. The average molecular weight is 217 g/mol. The van der Waals surface area contributed by atoms with Crippen LogP contribution in [0.4, 0.5) is 0 Å². The lowest BCUT2D eigenvalue weighted by atomic mass is 10.1. The van der Waals surface area contributed by atoms with Gasteiger partial charge in [0.2, 0.25) is 0 Å². The first-order valence-corrected chi connectivity index (χ1v) is 7.21. The van der Waals surface area contributed by atoms with Crippen LogP contribution in [0.25, 0.3) is 0 Å². The molecule has 0 aliphatic rings. The van der Waals surface area contributed by atoms with Gasteiger partial charge in [0.15, 0.2) is 0 Å². The van der Waals surface area contributed by atoms with Crippen molar-refractivity contribution < 1.29 is 0 Å². The molecule has 14 heavy (non-hydrogen) atoms. The summed E-state index contributed by atoms with van der Waals surface area (Å²) in [5, 5.41) is 3.50. The van der Waals surface area contributed by atoms with Crippen molar-refractivity contribution in [3.05, 3.63) is 0 Å². The van der Waals surface area contributed by atoms with Gasteiger partial charge in [-0.15, -0.1) is 0 Å². The molecule has 0 saturated heterocycles. The fourth-order valence-corrected chi connectivity index (χ4v) is 2.01. The standard InChI is InChI=1S/C12H27NS/c1-4-14-11-7-10-13-9-6-5-8-12(2)3/h12-13H,4-11H2,1-3H3. The van der Waals surface area contributed by atoms with E-state index < -0.39 is 0 Å². The van der Waals surface area contributed by atoms with Crippen molar-refractivity contribution in [1.29, 1.82) is 0 Å². The van der Waals surface area contributed by atoms with E-state index in [1.807, 2.05) is 11.8 Å². The second kappa shape index (κ2) is 11.4. The van der Waals surface area contributed by atoms with Crippen LogP contribution >= 0.6 is 11.8 Å². The Morgan fingerprint density at radius 3 is 2.43 bits per heavy atom. The summed E-state index contributed by atoms with van der Waals surface area (Å²) in [6.07, 6.45) is 5.43. The molecule has 0 saturated carbocycles. The van der Waals surface area contributed by atoms with Gasteiger partial charge < -0.3 is 5.32 Å². The molecule has 86 valence electrons. The molecule has 0 heterocycles. The second-order valence-corrected chi connectivity index (χ2v) is 5.58. The normalized spacial score (nSPS) is 11.1. The van der Waals surface area contributed by atoms with Crippen LogP contribution in [-0.2, 0) is 0 Å². The highest BCUT2D eigenvalue weighted by molar-refractivity contribution is 7.99. The fourth-order valence-electron chi connectivity index (χ4n) is 1.37. The van der Waals surface area contributed by atoms with E-state index >= 15 is 0 Å². The Labute approximate surface area is 94.4 Å². The minimum absolute atomic E-state index is 0.871. The summed E-state index contributed by atoms with van der Waals surface area (Å²) in [6.45, 7) is 9.24. The van der Waals surface area contributed by atoms with Gasteiger partial charge in [-0.1, -0.05) is 33.6 Å². The number of hydrogen-bond donors (Lipinski definition) is 1. The molecule has 2 heteroatoms. The molecule has 0 aromatic rings. The van der Waals surface area contributed by atoms with E-state index in [9.17, 15) is 0 Å². The maximum atomic E-state index is 3.50. The first-order valence-electron chi connectivity index (χ1n) is 6.05. The summed E-state index contributed by atoms with van der Waals surface area (Å²) in [5.41, 5.74) is 0. The molecule has 1 nitrogen and oxygen atoms in total. The van der Waals surface area contributed by atoms with E-state index in [2.05, 4.69) is 26.1 Å². The van der Waals surface area contributed by atoms with E-state index in [0.717, 1.165) is 5.92 Å². The molecule has 0 bridgehead atoms. The van der Waals surface area contributed by atoms with Crippen molar-refractivity contribution in [2.75, 3.05) is 24.6 Å². The summed E-state index contributed by atoms with van der Waals surface area (Å²) < 4.78 is 0. The molecule has 0 fully saturated rings. The van der Waals surface area contributed by atoms with Gasteiger partial charge in [-0.3, -0.25) is 0 Å². The predicted molar refractivity (Wildman–Crippen MR) is 69.2 cm³/mol. The Kier molecular flexibility index (Phi) is 11.6. The SMILES string of the molecule is CCSCCCNCCCCC(C)C. The minimum atomic E-state index is 0.871. The van der Waals surface area contributed by atoms with Crippen LogP contribution in [0.15, 0.2) is 0 Å². The molecule has 0 amide bonds. The van der Waals surface area contributed by atoms with Crippen molar-refractivity contribution >= 4 is 11.8 Å². The number of rotatable bonds is 10. The van der Waals surface area contributed by atoms with Crippen molar-refractivity contribution in [3.63, 3.8) is 0 Å². The van der Waals surface area contributed by atoms with E-state index in [1.54, 1.807) is 0 Å². The highest BCUT2D eigenvalue weighted by atomic mass is 32.2. The summed E-state index contributed by atoms with van der Waals surface area (Å²) >= 11 is 2.04. The molecule has 0 atom stereocenters. The molecule has 0 spiro atoms. The Morgan fingerprint density at radius 2 is 1.79 bits per heavy atom. The van der Waals surface area contributed by atoms with Crippen molar-refractivity contribution in [3.8, 4) is 0 Å². The number of thioether (sulfide) groups is 1. The molecule has 0 aromatic carbocycles. The van der Waals surface area contributed by atoms with Gasteiger partial charge in [0.25, 0.3) is 0 Å². The van der Waals surface area contributed by atoms with Crippen LogP contribution < -0.4 is 5.32 Å². The molecule has 0 rings (SSSR count). The lowest BCUT2D eigenvalue weighted by molar-refractivity contribution is 0.521. The second-order valence-electron chi connectivity index (χ2n) is 4.19. The quantitative estimate of drug-likeness (QED) is 0.562. The zero-order valence-corrected chi connectivity index (χ0v) is 11.0. The molecular formula is C12H27NS. The van der Waals surface area contributed by atoms with Crippen LogP contribution in [-0.4, -0.2) is 24.6 Å². The molecular weight excluding hydrogens is 190 g/mol. The largest absolute Gasteiger partial charge is 0.317 e. The van der Waals surface area contributed by atoms with E-state index in [-0.39, 0.29) is 0 Å². The molecule has 0 unspecified atom stereocenters. The Balaban J connectivity index is 2.85. The van der Waals surface area contributed by atoms with Gasteiger partial charge in [-0.05, 0) is 43.4 Å². The highest BCUT2D eigenvalue weighted by Crippen LogP contribution is 2.05. The highest BCUT2D eigenvalue weighted by Gasteiger charge is 1.93. The van der Waals surface area contributed by atoms with Crippen LogP contribution in [0, 0.1) is 5.92 Å². The first kappa shape index (κ1) is 14.3. The van der Waals surface area contributed by atoms with Crippen molar-refractivity contribution in [2.24, 2.45) is 5.92 Å². The fraction of sp³-hybridized carbons (Fsp3) is 1.00. The monoisotopic (exact) mass is 217 g/mol. The van der Waals surface area contributed by atoms with Crippen molar-refractivity contribution in [1.82, 2.24) is 5.32 Å². The molecule has 0 aromatic heterocycles. The summed E-state index contributed by atoms with van der Waals surface area (Å²) in [6, 6.07) is 0. The zero-order valence-electron chi connectivity index (χ0n) is 10.1. The lowest BCUT2D eigenvalue weighted by Gasteiger charge is -2.05. The summed E-state index contributed by atoms with van der Waals surface area (Å²) in [7, 11) is 0. The Bertz CT molecular complexity index is 104. The van der Waals surface area contributed by atoms with E-state index in [0.29, 0.717) is 0 Å². The van der Waals surface area contributed by atoms with Gasteiger partial charge in [-0.25, -0.2) is 0 Å². The first-order chi connectivity index (χ1) is 6.77. The Morgan fingerprint density at radius 1 is 1.07 bits per heavy atom. The Hall–Kier alpha value is 0.310. The van der Waals surface area contributed by atoms with Crippen LogP contribution in [0.1, 0.15) is 46.5 Å². The molecule has 1 N–H and O–H groups in total. The number of unbranched alkanes of at least 4 members (excludes halogenated alkanes) is 1. The van der Waals surface area contributed by atoms with Crippen molar-refractivity contribution in [2.45, 2.75) is 46.5 Å². The molecule has 0 aliphatic carbocycles. The van der Waals surface area contributed by atoms with Gasteiger partial charge in [0.1, 0.15) is 0 Å². The van der Waals surface area contributed by atoms with Gasteiger partial charge >= 0.3 is 0 Å². The third kappa shape index (κ3) is 12.3. The zero-order chi connectivity index (χ0) is 10.6. The summed E-state index contributed by atoms with van der Waals surface area (Å²) in [5.74, 6) is 3.44. The topological polar surface area (TPSA) is 12.0 Å². The third-order valence-electron chi connectivity index (χ3n) is 2.23. The minimum Gasteiger partial charge on any atom is -0.317 e. The maximum absolute atomic E-state index is 3.50. The van der Waals surface area contributed by atoms with Gasteiger partial charge in [0.05, 0.1) is 0 Å². The third-order valence-corrected chi connectivity index (χ3v) is 3.22. The summed E-state index contributed by atoms with van der Waals surface area (Å²) in [4.78, 5) is 0. The van der Waals surface area contributed by atoms with Gasteiger partial charge in [-0.2, -0.15) is 11.8 Å². The van der Waals surface area contributed by atoms with Crippen LogP contribution in [0.2, 0.25) is 0 Å². The predicted octanol–water partition coefficient (Wildman–Crippen LogP) is 3.55.